The lowest BCUT2D eigenvalue weighted by Gasteiger charge is -1.90. The minimum atomic E-state index is -0.139. The van der Waals surface area contributed by atoms with E-state index in [1.165, 1.54) is 0 Å². The first-order valence-corrected chi connectivity index (χ1v) is 6.54. The fraction of sp³-hybridized carbons (Fsp3) is 1.00. The van der Waals surface area contributed by atoms with Crippen molar-refractivity contribution in [1.82, 2.24) is 4.90 Å². The fourth-order valence-corrected chi connectivity index (χ4v) is 0. The molecule has 0 aromatic rings. The first-order valence-electron chi connectivity index (χ1n) is 3.07. The quantitative estimate of drug-likeness (QED) is 0.499. The molecule has 0 saturated carbocycles. The van der Waals surface area contributed by atoms with Crippen LogP contribution in [-0.4, -0.2) is 34.8 Å². The molecule has 0 atom stereocenters. The average molecular weight is 165 g/mol. The first-order chi connectivity index (χ1) is 3.46. The Kier molecular flexibility index (Phi) is 36.1. The van der Waals surface area contributed by atoms with Crippen molar-refractivity contribution in [1.29, 1.82) is 0 Å². The summed E-state index contributed by atoms with van der Waals surface area (Å²) in [5.74, 6) is 0. The largest absolute Gasteiger partial charge is 0.312 e. The summed E-state index contributed by atoms with van der Waals surface area (Å²) in [6, 6.07) is 0. The molecular weight excluding hydrogens is 138 g/mol. The van der Waals surface area contributed by atoms with Gasteiger partial charge in [-0.15, -0.1) is 0 Å². The summed E-state index contributed by atoms with van der Waals surface area (Å²) >= 11 is 0. The van der Waals surface area contributed by atoms with Crippen molar-refractivity contribution >= 4 is 8.80 Å². The van der Waals surface area contributed by atoms with Gasteiger partial charge in [0.1, 0.15) is 0 Å². The van der Waals surface area contributed by atoms with Crippen molar-refractivity contribution in [2.45, 2.75) is 34.5 Å². The monoisotopic (exact) mass is 165 g/mol. The second kappa shape index (κ2) is 16.1. The highest BCUT2D eigenvalue weighted by Gasteiger charge is 1.71. The van der Waals surface area contributed by atoms with Crippen molar-refractivity contribution in [3.8, 4) is 0 Å². The van der Waals surface area contributed by atoms with Crippen molar-refractivity contribution < 1.29 is 0 Å². The van der Waals surface area contributed by atoms with Crippen LogP contribution in [0.25, 0.3) is 0 Å². The molecule has 0 aromatic carbocycles. The molecule has 0 aliphatic carbocycles. The number of nitrogens with zero attached hydrogens (tertiary/aromatic N) is 1. The Morgan fingerprint density at radius 2 is 0.800 bits per heavy atom. The summed E-state index contributed by atoms with van der Waals surface area (Å²) in [5, 5.41) is 0. The van der Waals surface area contributed by atoms with E-state index in [0.717, 1.165) is 0 Å². The molecule has 0 saturated heterocycles. The highest BCUT2D eigenvalue weighted by Crippen LogP contribution is 1.68. The lowest BCUT2D eigenvalue weighted by molar-refractivity contribution is 0.505. The van der Waals surface area contributed by atoms with Gasteiger partial charge in [0.25, 0.3) is 0 Å². The van der Waals surface area contributed by atoms with E-state index in [9.17, 15) is 0 Å². The van der Waals surface area contributed by atoms with Crippen LogP contribution in [0.4, 0.5) is 0 Å². The molecule has 2 heteroatoms. The Labute approximate surface area is 70.0 Å². The lowest BCUT2D eigenvalue weighted by atomic mass is 11.0. The molecule has 0 rings (SSSR count). The van der Waals surface area contributed by atoms with Crippen molar-refractivity contribution in [2.24, 2.45) is 0 Å². The second-order valence-corrected chi connectivity index (χ2v) is 6.54. The zero-order valence-electron chi connectivity index (χ0n) is 7.02. The van der Waals surface area contributed by atoms with E-state index >= 15 is 0 Å². The van der Waals surface area contributed by atoms with Crippen molar-refractivity contribution in [3.05, 3.63) is 0 Å². The zero-order valence-corrected chi connectivity index (χ0v) is 8.18. The summed E-state index contributed by atoms with van der Waals surface area (Å²) < 4.78 is 0. The Morgan fingerprint density at radius 1 is 0.800 bits per heavy atom. The Balaban J connectivity index is -0.0000000300. The van der Waals surface area contributed by atoms with Crippen LogP contribution in [0.5, 0.6) is 0 Å². The van der Waals surface area contributed by atoms with E-state index in [2.05, 4.69) is 19.6 Å². The van der Waals surface area contributed by atoms with E-state index < -0.39 is 0 Å². The van der Waals surface area contributed by atoms with Gasteiger partial charge in [0.05, 0.1) is 0 Å². The summed E-state index contributed by atoms with van der Waals surface area (Å²) in [6.07, 6.45) is 0. The standard InChI is InChI=1S/C3H9N.C3H10Si.2CH4/c2*1-4(2)3;;/h1-3H3;4H,1-3H3;2*1H4. The Bertz CT molecular complexity index is 24.7. The summed E-state index contributed by atoms with van der Waals surface area (Å²) in [7, 11) is 5.86. The molecule has 68 valence electrons. The summed E-state index contributed by atoms with van der Waals surface area (Å²) in [4.78, 5) is 2.00. The van der Waals surface area contributed by atoms with E-state index in [0.29, 0.717) is 0 Å². The van der Waals surface area contributed by atoms with Gasteiger partial charge >= 0.3 is 0 Å². The van der Waals surface area contributed by atoms with Crippen LogP contribution in [0, 0.1) is 0 Å². The van der Waals surface area contributed by atoms with Crippen LogP contribution < -0.4 is 0 Å². The number of hydrogen-bond acceptors (Lipinski definition) is 1. The van der Waals surface area contributed by atoms with Crippen LogP contribution in [0.1, 0.15) is 14.9 Å². The molecular formula is C8H27NSi. The summed E-state index contributed by atoms with van der Waals surface area (Å²) in [5.41, 5.74) is 0. The molecule has 0 aromatic heterocycles. The third kappa shape index (κ3) is 13500. The molecule has 0 radical (unpaired) electrons. The fourth-order valence-electron chi connectivity index (χ4n) is 0. The minimum absolute atomic E-state index is 0. The molecule has 0 heterocycles. The SMILES string of the molecule is C.C.CN(C)C.C[SiH](C)C. The smallest absolute Gasteiger partial charge is 0.0274 e. The van der Waals surface area contributed by atoms with Gasteiger partial charge in [0, 0.05) is 8.80 Å². The van der Waals surface area contributed by atoms with E-state index in [4.69, 9.17) is 0 Å². The molecule has 0 aliphatic rings. The molecule has 10 heavy (non-hydrogen) atoms. The molecule has 0 fully saturated rings. The average Bonchev–Trinajstić information content (AvgIpc) is 1.25. The highest BCUT2D eigenvalue weighted by atomic mass is 28.3. The van der Waals surface area contributed by atoms with Crippen molar-refractivity contribution in [2.75, 3.05) is 21.1 Å². The van der Waals surface area contributed by atoms with Crippen LogP contribution in [0.3, 0.4) is 0 Å². The molecule has 0 spiro atoms. The normalized spacial score (nSPS) is 7.20. The zero-order chi connectivity index (χ0) is 7.15. The maximum atomic E-state index is 2.31. The second-order valence-electron chi connectivity index (χ2n) is 3.07. The predicted octanol–water partition coefficient (Wildman–Crippen LogP) is 2.55. The van der Waals surface area contributed by atoms with Crippen LogP contribution in [0.15, 0.2) is 0 Å². The Hall–Kier alpha value is 0.177. The molecule has 0 unspecified atom stereocenters. The molecule has 1 nitrogen and oxygen atoms in total. The first kappa shape index (κ1) is 22.5. The van der Waals surface area contributed by atoms with Crippen LogP contribution in [-0.2, 0) is 0 Å². The molecule has 0 amide bonds. The van der Waals surface area contributed by atoms with Crippen LogP contribution in [0.2, 0.25) is 19.6 Å². The van der Waals surface area contributed by atoms with Gasteiger partial charge in [-0.1, -0.05) is 34.5 Å². The minimum Gasteiger partial charge on any atom is -0.312 e. The van der Waals surface area contributed by atoms with Crippen molar-refractivity contribution in [3.63, 3.8) is 0 Å². The van der Waals surface area contributed by atoms with Gasteiger partial charge in [-0.2, -0.15) is 0 Å². The maximum absolute atomic E-state index is 2.31. The van der Waals surface area contributed by atoms with Gasteiger partial charge < -0.3 is 4.90 Å². The Morgan fingerprint density at radius 3 is 0.800 bits per heavy atom. The predicted molar refractivity (Wildman–Crippen MR) is 57.8 cm³/mol. The number of hydrogen-bond donors (Lipinski definition) is 0. The van der Waals surface area contributed by atoms with Gasteiger partial charge in [-0.05, 0) is 21.1 Å². The van der Waals surface area contributed by atoms with E-state index in [-0.39, 0.29) is 23.7 Å². The van der Waals surface area contributed by atoms with Gasteiger partial charge in [0.15, 0.2) is 0 Å². The number of rotatable bonds is 0. The van der Waals surface area contributed by atoms with E-state index in [1.54, 1.807) is 0 Å². The van der Waals surface area contributed by atoms with Crippen LogP contribution >= 0.6 is 0 Å². The molecule has 0 N–H and O–H groups in total. The van der Waals surface area contributed by atoms with Gasteiger partial charge in [0.2, 0.25) is 0 Å². The van der Waals surface area contributed by atoms with Gasteiger partial charge in [-0.25, -0.2) is 0 Å². The topological polar surface area (TPSA) is 3.24 Å². The third-order valence-corrected chi connectivity index (χ3v) is 0. The van der Waals surface area contributed by atoms with Gasteiger partial charge in [-0.3, -0.25) is 0 Å². The molecule has 0 aliphatic heterocycles. The van der Waals surface area contributed by atoms with E-state index in [1.807, 2.05) is 26.0 Å². The third-order valence-electron chi connectivity index (χ3n) is 0. The maximum Gasteiger partial charge on any atom is 0.0274 e. The lowest BCUT2D eigenvalue weighted by Crippen LogP contribution is -1.99. The molecule has 0 bridgehead atoms. The highest BCUT2D eigenvalue weighted by molar-refractivity contribution is 6.54. The summed E-state index contributed by atoms with van der Waals surface area (Å²) in [6.45, 7) is 6.92.